The van der Waals surface area contributed by atoms with Gasteiger partial charge in [-0.1, -0.05) is 12.1 Å². The summed E-state index contributed by atoms with van der Waals surface area (Å²) in [5.74, 6) is 3.37. The molecule has 17 heavy (non-hydrogen) atoms. The van der Waals surface area contributed by atoms with E-state index in [2.05, 4.69) is 23.1 Å². The molecule has 0 spiro atoms. The van der Waals surface area contributed by atoms with Gasteiger partial charge in [0.05, 0.1) is 6.61 Å². The first-order valence-electron chi connectivity index (χ1n) is 6.10. The van der Waals surface area contributed by atoms with Gasteiger partial charge in [0.1, 0.15) is 5.75 Å². The Morgan fingerprint density at radius 1 is 1.41 bits per heavy atom. The minimum atomic E-state index is 0.685. The van der Waals surface area contributed by atoms with Crippen molar-refractivity contribution in [1.29, 1.82) is 0 Å². The molecule has 1 aliphatic rings. The fraction of sp³-hybridized carbons (Fsp3) is 0.538. The van der Waals surface area contributed by atoms with Crippen molar-refractivity contribution in [2.75, 3.05) is 31.3 Å². The second-order valence-electron chi connectivity index (χ2n) is 4.23. The molecule has 2 N–H and O–H groups in total. The predicted molar refractivity (Wildman–Crippen MR) is 73.3 cm³/mol. The summed E-state index contributed by atoms with van der Waals surface area (Å²) < 4.78 is 5.65. The van der Waals surface area contributed by atoms with Crippen molar-refractivity contribution in [3.8, 4) is 5.75 Å². The van der Waals surface area contributed by atoms with Gasteiger partial charge in [0.15, 0.2) is 0 Å². The summed E-state index contributed by atoms with van der Waals surface area (Å²) in [6.45, 7) is 3.62. The van der Waals surface area contributed by atoms with Gasteiger partial charge in [-0.3, -0.25) is 4.90 Å². The Balaban J connectivity index is 1.86. The van der Waals surface area contributed by atoms with Crippen LogP contribution in [0.2, 0.25) is 0 Å². The summed E-state index contributed by atoms with van der Waals surface area (Å²) >= 11 is 2.00. The van der Waals surface area contributed by atoms with Crippen molar-refractivity contribution in [3.63, 3.8) is 0 Å². The van der Waals surface area contributed by atoms with Gasteiger partial charge < -0.3 is 10.5 Å². The molecule has 1 saturated heterocycles. The van der Waals surface area contributed by atoms with Gasteiger partial charge in [0, 0.05) is 24.7 Å². The van der Waals surface area contributed by atoms with Crippen LogP contribution >= 0.6 is 11.8 Å². The van der Waals surface area contributed by atoms with Crippen molar-refractivity contribution in [2.24, 2.45) is 5.73 Å². The summed E-state index contributed by atoms with van der Waals surface area (Å²) in [5, 5.41) is 0. The van der Waals surface area contributed by atoms with Crippen LogP contribution in [0, 0.1) is 0 Å². The van der Waals surface area contributed by atoms with Crippen molar-refractivity contribution < 1.29 is 4.74 Å². The highest BCUT2D eigenvalue weighted by molar-refractivity contribution is 7.99. The SMILES string of the molecule is NCCCOc1cccc(CN2CCSC2)c1. The van der Waals surface area contributed by atoms with Crippen LogP contribution in [0.25, 0.3) is 0 Å². The van der Waals surface area contributed by atoms with Gasteiger partial charge >= 0.3 is 0 Å². The molecule has 3 nitrogen and oxygen atoms in total. The molecule has 0 aliphatic carbocycles. The zero-order valence-electron chi connectivity index (χ0n) is 10.1. The van der Waals surface area contributed by atoms with E-state index < -0.39 is 0 Å². The Bertz CT molecular complexity index is 340. The van der Waals surface area contributed by atoms with Crippen LogP contribution in [-0.4, -0.2) is 36.2 Å². The molecular formula is C13H20N2OS. The molecule has 1 fully saturated rings. The van der Waals surface area contributed by atoms with Crippen LogP contribution in [0.15, 0.2) is 24.3 Å². The van der Waals surface area contributed by atoms with E-state index in [1.807, 2.05) is 17.8 Å². The van der Waals surface area contributed by atoms with Crippen LogP contribution in [0.5, 0.6) is 5.75 Å². The molecule has 0 unspecified atom stereocenters. The largest absolute Gasteiger partial charge is 0.494 e. The molecule has 1 heterocycles. The maximum absolute atomic E-state index is 5.65. The first kappa shape index (κ1) is 12.7. The monoisotopic (exact) mass is 252 g/mol. The summed E-state index contributed by atoms with van der Waals surface area (Å²) in [4.78, 5) is 2.46. The van der Waals surface area contributed by atoms with Crippen molar-refractivity contribution in [1.82, 2.24) is 4.90 Å². The molecule has 4 heteroatoms. The van der Waals surface area contributed by atoms with E-state index in [-0.39, 0.29) is 0 Å². The predicted octanol–water partition coefficient (Wildman–Crippen LogP) is 1.92. The van der Waals surface area contributed by atoms with Gasteiger partial charge in [-0.15, -0.1) is 11.8 Å². The first-order valence-corrected chi connectivity index (χ1v) is 7.26. The molecule has 1 aromatic carbocycles. The van der Waals surface area contributed by atoms with E-state index in [4.69, 9.17) is 10.5 Å². The third-order valence-electron chi connectivity index (χ3n) is 2.75. The molecule has 94 valence electrons. The minimum absolute atomic E-state index is 0.685. The molecule has 0 atom stereocenters. The summed E-state index contributed by atoms with van der Waals surface area (Å²) in [5.41, 5.74) is 6.77. The van der Waals surface area contributed by atoms with Crippen molar-refractivity contribution in [2.45, 2.75) is 13.0 Å². The fourth-order valence-corrected chi connectivity index (χ4v) is 2.84. The molecule has 0 bridgehead atoms. The van der Waals surface area contributed by atoms with Gasteiger partial charge in [-0.25, -0.2) is 0 Å². The molecule has 0 radical (unpaired) electrons. The maximum Gasteiger partial charge on any atom is 0.119 e. The van der Waals surface area contributed by atoms with E-state index in [1.54, 1.807) is 0 Å². The highest BCUT2D eigenvalue weighted by Gasteiger charge is 2.12. The Hall–Kier alpha value is -0.710. The Morgan fingerprint density at radius 2 is 2.35 bits per heavy atom. The molecule has 1 aromatic rings. The summed E-state index contributed by atoms with van der Waals surface area (Å²) in [6, 6.07) is 8.38. The van der Waals surface area contributed by atoms with E-state index >= 15 is 0 Å². The van der Waals surface area contributed by atoms with Crippen molar-refractivity contribution >= 4 is 11.8 Å². The van der Waals surface area contributed by atoms with Crippen LogP contribution < -0.4 is 10.5 Å². The molecule has 0 aromatic heterocycles. The number of ether oxygens (including phenoxy) is 1. The first-order chi connectivity index (χ1) is 8.38. The van der Waals surface area contributed by atoms with Gasteiger partial charge in [0.25, 0.3) is 0 Å². The van der Waals surface area contributed by atoms with E-state index in [1.165, 1.54) is 17.9 Å². The Morgan fingerprint density at radius 3 is 3.12 bits per heavy atom. The normalized spacial score (nSPS) is 16.3. The third kappa shape index (κ3) is 4.22. The lowest BCUT2D eigenvalue weighted by Gasteiger charge is -2.14. The molecule has 0 amide bonds. The second-order valence-corrected chi connectivity index (χ2v) is 5.30. The van der Waals surface area contributed by atoms with Crippen LogP contribution in [0.4, 0.5) is 0 Å². The van der Waals surface area contributed by atoms with Crippen LogP contribution in [-0.2, 0) is 6.54 Å². The zero-order chi connectivity index (χ0) is 11.9. The second kappa shape index (κ2) is 6.89. The third-order valence-corrected chi connectivity index (χ3v) is 3.77. The number of benzene rings is 1. The van der Waals surface area contributed by atoms with Crippen LogP contribution in [0.3, 0.4) is 0 Å². The maximum atomic E-state index is 5.65. The van der Waals surface area contributed by atoms with E-state index in [0.717, 1.165) is 24.6 Å². The lowest BCUT2D eigenvalue weighted by Crippen LogP contribution is -2.18. The molecule has 2 rings (SSSR count). The number of rotatable bonds is 6. The van der Waals surface area contributed by atoms with E-state index in [0.29, 0.717) is 13.2 Å². The smallest absolute Gasteiger partial charge is 0.119 e. The van der Waals surface area contributed by atoms with Gasteiger partial charge in [-0.05, 0) is 30.7 Å². The lowest BCUT2D eigenvalue weighted by atomic mass is 10.2. The summed E-state index contributed by atoms with van der Waals surface area (Å²) in [6.07, 6.45) is 0.910. The number of thioether (sulfide) groups is 1. The Labute approximate surface area is 107 Å². The highest BCUT2D eigenvalue weighted by atomic mass is 32.2. The summed E-state index contributed by atoms with van der Waals surface area (Å²) in [7, 11) is 0. The molecular weight excluding hydrogens is 232 g/mol. The quantitative estimate of drug-likeness (QED) is 0.785. The lowest BCUT2D eigenvalue weighted by molar-refractivity contribution is 0.311. The number of nitrogens with zero attached hydrogens (tertiary/aromatic N) is 1. The standard InChI is InChI=1S/C13H20N2OS/c14-5-2-7-16-13-4-1-3-12(9-13)10-15-6-8-17-11-15/h1,3-4,9H,2,5-8,10-11,14H2. The molecule has 1 aliphatic heterocycles. The number of hydrogen-bond acceptors (Lipinski definition) is 4. The average Bonchev–Trinajstić information content (AvgIpc) is 2.83. The van der Waals surface area contributed by atoms with Gasteiger partial charge in [0.2, 0.25) is 0 Å². The Kier molecular flexibility index (Phi) is 5.16. The minimum Gasteiger partial charge on any atom is -0.494 e. The fourth-order valence-electron chi connectivity index (χ4n) is 1.84. The van der Waals surface area contributed by atoms with Gasteiger partial charge in [-0.2, -0.15) is 0 Å². The zero-order valence-corrected chi connectivity index (χ0v) is 10.9. The number of nitrogens with two attached hydrogens (primary N) is 1. The average molecular weight is 252 g/mol. The topological polar surface area (TPSA) is 38.5 Å². The van der Waals surface area contributed by atoms with E-state index in [9.17, 15) is 0 Å². The van der Waals surface area contributed by atoms with Crippen molar-refractivity contribution in [3.05, 3.63) is 29.8 Å². The highest BCUT2D eigenvalue weighted by Crippen LogP contribution is 2.19. The number of hydrogen-bond donors (Lipinski definition) is 1. The van der Waals surface area contributed by atoms with Crippen LogP contribution in [0.1, 0.15) is 12.0 Å². The molecule has 0 saturated carbocycles.